The number of hydrogen-bond acceptors (Lipinski definition) is 6. The highest BCUT2D eigenvalue weighted by atomic mass is 32.2. The smallest absolute Gasteiger partial charge is 0.261 e. The number of sulfonamides is 1. The number of nitrogens with one attached hydrogen (secondary N) is 1. The van der Waals surface area contributed by atoms with Crippen LogP contribution < -0.4 is 9.46 Å². The van der Waals surface area contributed by atoms with Gasteiger partial charge >= 0.3 is 0 Å². The van der Waals surface area contributed by atoms with E-state index in [9.17, 15) is 8.42 Å². The van der Waals surface area contributed by atoms with Crippen molar-refractivity contribution in [1.29, 1.82) is 0 Å². The fourth-order valence-corrected chi connectivity index (χ4v) is 3.93. The van der Waals surface area contributed by atoms with Crippen LogP contribution in [0.25, 0.3) is 22.8 Å². The third-order valence-electron chi connectivity index (χ3n) is 4.23. The van der Waals surface area contributed by atoms with E-state index in [-0.39, 0.29) is 10.8 Å². The van der Waals surface area contributed by atoms with E-state index in [1.807, 2.05) is 18.2 Å². The quantitative estimate of drug-likeness (QED) is 0.514. The summed E-state index contributed by atoms with van der Waals surface area (Å²) >= 11 is 0. The maximum absolute atomic E-state index is 12.7. The van der Waals surface area contributed by atoms with Crippen molar-refractivity contribution in [3.05, 3.63) is 78.9 Å². The van der Waals surface area contributed by atoms with Gasteiger partial charge in [-0.3, -0.25) is 4.72 Å². The fourth-order valence-electron chi connectivity index (χ4n) is 2.83. The average Bonchev–Trinajstić information content (AvgIpc) is 3.24. The molecule has 0 amide bonds. The first kappa shape index (κ1) is 18.7. The van der Waals surface area contributed by atoms with E-state index >= 15 is 0 Å². The molecule has 0 radical (unpaired) electrons. The zero-order valence-electron chi connectivity index (χ0n) is 15.4. The van der Waals surface area contributed by atoms with Crippen LogP contribution in [0.5, 0.6) is 5.75 Å². The normalized spacial score (nSPS) is 11.2. The summed E-state index contributed by atoms with van der Waals surface area (Å²) in [5.41, 5.74) is 1.49. The zero-order valence-corrected chi connectivity index (χ0v) is 16.3. The maximum Gasteiger partial charge on any atom is 0.261 e. The minimum absolute atomic E-state index is 0.162. The Bertz CT molecular complexity index is 1240. The fraction of sp³-hybridized carbons (Fsp3) is 0.0476. The van der Waals surface area contributed by atoms with Crippen molar-refractivity contribution < 1.29 is 17.7 Å². The molecule has 0 unspecified atom stereocenters. The third-order valence-corrected chi connectivity index (χ3v) is 5.61. The Kier molecular flexibility index (Phi) is 5.01. The number of aromatic nitrogens is 2. The average molecular weight is 407 g/mol. The molecule has 3 aromatic carbocycles. The molecule has 4 aromatic rings. The van der Waals surface area contributed by atoms with Crippen molar-refractivity contribution in [2.75, 3.05) is 11.8 Å². The first-order chi connectivity index (χ1) is 14.1. The largest absolute Gasteiger partial charge is 0.496 e. The number of rotatable bonds is 6. The molecule has 0 bridgehead atoms. The van der Waals surface area contributed by atoms with Gasteiger partial charge < -0.3 is 9.26 Å². The molecular weight excluding hydrogens is 390 g/mol. The molecule has 0 atom stereocenters. The van der Waals surface area contributed by atoms with Crippen molar-refractivity contribution in [3.8, 4) is 28.6 Å². The van der Waals surface area contributed by atoms with Crippen LogP contribution in [0.2, 0.25) is 0 Å². The molecule has 7 nitrogen and oxygen atoms in total. The van der Waals surface area contributed by atoms with Crippen LogP contribution in [-0.2, 0) is 10.0 Å². The van der Waals surface area contributed by atoms with Gasteiger partial charge in [0.05, 0.1) is 28.8 Å². The lowest BCUT2D eigenvalue weighted by Crippen LogP contribution is -2.13. The molecule has 1 N–H and O–H groups in total. The highest BCUT2D eigenvalue weighted by Gasteiger charge is 2.20. The van der Waals surface area contributed by atoms with Crippen LogP contribution in [0.15, 0.2) is 88.3 Å². The van der Waals surface area contributed by atoms with Crippen LogP contribution in [-0.4, -0.2) is 25.7 Å². The second-order valence-corrected chi connectivity index (χ2v) is 7.77. The van der Waals surface area contributed by atoms with E-state index in [1.54, 1.807) is 55.6 Å². The van der Waals surface area contributed by atoms with E-state index < -0.39 is 10.0 Å². The van der Waals surface area contributed by atoms with Crippen LogP contribution in [0.4, 0.5) is 5.69 Å². The number of ether oxygens (including phenoxy) is 1. The lowest BCUT2D eigenvalue weighted by atomic mass is 10.1. The van der Waals surface area contributed by atoms with Gasteiger partial charge in [-0.1, -0.05) is 47.6 Å². The van der Waals surface area contributed by atoms with Crippen LogP contribution in [0, 0.1) is 0 Å². The molecule has 1 heterocycles. The summed E-state index contributed by atoms with van der Waals surface area (Å²) in [7, 11) is -2.20. The summed E-state index contributed by atoms with van der Waals surface area (Å²) in [6.45, 7) is 0. The Morgan fingerprint density at radius 3 is 2.28 bits per heavy atom. The summed E-state index contributed by atoms with van der Waals surface area (Å²) < 4.78 is 38.7. The minimum atomic E-state index is -3.76. The molecule has 0 aliphatic heterocycles. The summed E-state index contributed by atoms with van der Waals surface area (Å²) in [5.74, 6) is 1.15. The second kappa shape index (κ2) is 7.76. The Morgan fingerprint density at radius 2 is 1.52 bits per heavy atom. The number of benzene rings is 3. The number of para-hydroxylation sites is 2. The third kappa shape index (κ3) is 3.83. The Labute approximate surface area is 168 Å². The van der Waals surface area contributed by atoms with Crippen LogP contribution in [0.1, 0.15) is 0 Å². The highest BCUT2D eigenvalue weighted by molar-refractivity contribution is 7.92. The van der Waals surface area contributed by atoms with E-state index in [4.69, 9.17) is 9.26 Å². The number of nitrogens with zero attached hydrogens (tertiary/aromatic N) is 2. The maximum atomic E-state index is 12.7. The van der Waals surface area contributed by atoms with Crippen LogP contribution >= 0.6 is 0 Å². The van der Waals surface area contributed by atoms with Gasteiger partial charge in [0.25, 0.3) is 15.9 Å². The lowest BCUT2D eigenvalue weighted by Gasteiger charge is -2.10. The molecule has 1 aromatic heterocycles. The SMILES string of the molecule is COc1ccccc1-c1noc(-c2ccccc2NS(=O)(=O)c2ccccc2)n1. The molecular formula is C21H17N3O4S. The van der Waals surface area contributed by atoms with Gasteiger partial charge in [-0.2, -0.15) is 4.98 Å². The van der Waals surface area contributed by atoms with E-state index in [0.29, 0.717) is 28.4 Å². The molecule has 0 aliphatic rings. The Hall–Kier alpha value is -3.65. The van der Waals surface area contributed by atoms with Gasteiger partial charge in [-0.05, 0) is 36.4 Å². The monoisotopic (exact) mass is 407 g/mol. The van der Waals surface area contributed by atoms with E-state index in [2.05, 4.69) is 14.9 Å². The predicted octanol–water partition coefficient (Wildman–Crippen LogP) is 4.21. The van der Waals surface area contributed by atoms with Gasteiger partial charge in [0.2, 0.25) is 5.82 Å². The standard InChI is InChI=1S/C21H17N3O4S/c1-27-19-14-8-6-12-17(19)20-22-21(28-23-20)16-11-5-7-13-18(16)24-29(25,26)15-9-3-2-4-10-15/h2-14,24H,1H3. The summed E-state index contributed by atoms with van der Waals surface area (Å²) in [4.78, 5) is 4.59. The molecule has 0 spiro atoms. The predicted molar refractivity (Wildman–Crippen MR) is 109 cm³/mol. The summed E-state index contributed by atoms with van der Waals surface area (Å²) in [6, 6.07) is 22.3. The first-order valence-electron chi connectivity index (χ1n) is 8.73. The molecule has 29 heavy (non-hydrogen) atoms. The molecule has 146 valence electrons. The molecule has 0 fully saturated rings. The van der Waals surface area contributed by atoms with Crippen molar-refractivity contribution in [2.45, 2.75) is 4.90 Å². The van der Waals surface area contributed by atoms with E-state index in [0.717, 1.165) is 0 Å². The van der Waals surface area contributed by atoms with Crippen molar-refractivity contribution in [1.82, 2.24) is 10.1 Å². The lowest BCUT2D eigenvalue weighted by molar-refractivity contribution is 0.413. The summed E-state index contributed by atoms with van der Waals surface area (Å²) in [5, 5.41) is 4.02. The number of methoxy groups -OCH3 is 1. The topological polar surface area (TPSA) is 94.3 Å². The van der Waals surface area contributed by atoms with Gasteiger partial charge in [0.1, 0.15) is 5.75 Å². The number of hydrogen-bond donors (Lipinski definition) is 1. The van der Waals surface area contributed by atoms with Crippen LogP contribution in [0.3, 0.4) is 0 Å². The van der Waals surface area contributed by atoms with Crippen molar-refractivity contribution in [3.63, 3.8) is 0 Å². The first-order valence-corrected chi connectivity index (χ1v) is 10.2. The van der Waals surface area contributed by atoms with Crippen molar-refractivity contribution in [2.24, 2.45) is 0 Å². The minimum Gasteiger partial charge on any atom is -0.496 e. The molecule has 4 rings (SSSR count). The number of anilines is 1. The summed E-state index contributed by atoms with van der Waals surface area (Å²) in [6.07, 6.45) is 0. The van der Waals surface area contributed by atoms with Gasteiger partial charge in [-0.25, -0.2) is 8.42 Å². The Morgan fingerprint density at radius 1 is 0.862 bits per heavy atom. The van der Waals surface area contributed by atoms with Crippen molar-refractivity contribution >= 4 is 15.7 Å². The Balaban J connectivity index is 1.71. The second-order valence-electron chi connectivity index (χ2n) is 6.09. The highest BCUT2D eigenvalue weighted by Crippen LogP contribution is 2.32. The molecule has 0 saturated carbocycles. The molecule has 8 heteroatoms. The van der Waals surface area contributed by atoms with E-state index in [1.165, 1.54) is 12.1 Å². The zero-order chi connectivity index (χ0) is 20.3. The van der Waals surface area contributed by atoms with Gasteiger partial charge in [0, 0.05) is 0 Å². The van der Waals surface area contributed by atoms with Gasteiger partial charge in [-0.15, -0.1) is 0 Å². The van der Waals surface area contributed by atoms with Gasteiger partial charge in [0.15, 0.2) is 0 Å². The molecule has 0 saturated heterocycles. The molecule has 0 aliphatic carbocycles.